The van der Waals surface area contributed by atoms with E-state index in [1.165, 1.54) is 11.8 Å². The van der Waals surface area contributed by atoms with Crippen LogP contribution in [0.15, 0.2) is 47.4 Å². The number of thioether (sulfide) groups is 1. The monoisotopic (exact) mass is 381 g/mol. The molecule has 2 aromatic carbocycles. The fourth-order valence-electron chi connectivity index (χ4n) is 3.52. The van der Waals surface area contributed by atoms with Crippen molar-refractivity contribution in [2.75, 3.05) is 18.1 Å². The molecule has 3 amide bonds. The first kappa shape index (κ1) is 17.6. The number of likely N-dealkylation sites (N-methyl/N-ethyl adjacent to an activating group) is 1. The number of rotatable bonds is 2. The van der Waals surface area contributed by atoms with Crippen LogP contribution in [0.1, 0.15) is 21.5 Å². The van der Waals surface area contributed by atoms with Gasteiger partial charge in [-0.05, 0) is 29.3 Å². The van der Waals surface area contributed by atoms with Crippen LogP contribution in [0.25, 0.3) is 0 Å². The minimum absolute atomic E-state index is 0.0766. The first-order valence-corrected chi connectivity index (χ1v) is 9.71. The zero-order valence-electron chi connectivity index (χ0n) is 14.8. The van der Waals surface area contributed by atoms with Crippen molar-refractivity contribution in [3.63, 3.8) is 0 Å². The average molecular weight is 381 g/mol. The van der Waals surface area contributed by atoms with E-state index in [0.29, 0.717) is 30.0 Å². The third-order valence-corrected chi connectivity index (χ3v) is 5.99. The number of amides is 3. The fourth-order valence-corrected chi connectivity index (χ4v) is 4.31. The molecule has 7 heteroatoms. The number of hydrogen-bond donors (Lipinski definition) is 2. The van der Waals surface area contributed by atoms with Gasteiger partial charge < -0.3 is 15.5 Å². The summed E-state index contributed by atoms with van der Waals surface area (Å²) in [6.07, 6.45) is 0.485. The van der Waals surface area contributed by atoms with Crippen LogP contribution in [-0.2, 0) is 22.6 Å². The second kappa shape index (κ2) is 7.08. The van der Waals surface area contributed by atoms with Gasteiger partial charge in [-0.2, -0.15) is 0 Å². The number of anilines is 1. The number of fused-ring (bicyclic) bond motifs is 2. The Morgan fingerprint density at radius 2 is 1.96 bits per heavy atom. The lowest BCUT2D eigenvalue weighted by Crippen LogP contribution is -2.51. The number of carbonyl (C=O) groups excluding carboxylic acids is 3. The van der Waals surface area contributed by atoms with Crippen LogP contribution in [0.2, 0.25) is 0 Å². The number of carbonyl (C=O) groups is 3. The first-order valence-electron chi connectivity index (χ1n) is 8.73. The van der Waals surface area contributed by atoms with E-state index in [1.807, 2.05) is 30.3 Å². The molecular formula is C20H19N3O3S. The van der Waals surface area contributed by atoms with E-state index in [4.69, 9.17) is 0 Å². The van der Waals surface area contributed by atoms with Gasteiger partial charge in [-0.1, -0.05) is 24.3 Å². The highest BCUT2D eigenvalue weighted by Gasteiger charge is 2.34. The molecule has 27 heavy (non-hydrogen) atoms. The summed E-state index contributed by atoms with van der Waals surface area (Å²) in [4.78, 5) is 39.9. The molecular weight excluding hydrogens is 362 g/mol. The maximum absolute atomic E-state index is 13.2. The summed E-state index contributed by atoms with van der Waals surface area (Å²) in [5.74, 6) is -0.0975. The maximum atomic E-state index is 13.2. The predicted molar refractivity (Wildman–Crippen MR) is 104 cm³/mol. The predicted octanol–water partition coefficient (Wildman–Crippen LogP) is 2.04. The SMILES string of the molecule is CNC(=O)[C@H]1Cc2ccccc2CN1C(=O)c1ccc2c(c1)NC(=O)CS2. The molecule has 0 aliphatic carbocycles. The number of nitrogens with zero attached hydrogens (tertiary/aromatic N) is 1. The molecule has 0 bridgehead atoms. The molecule has 0 unspecified atom stereocenters. The van der Waals surface area contributed by atoms with Gasteiger partial charge in [0.2, 0.25) is 11.8 Å². The van der Waals surface area contributed by atoms with Crippen LogP contribution in [0.5, 0.6) is 0 Å². The lowest BCUT2D eigenvalue weighted by molar-refractivity contribution is -0.125. The zero-order valence-corrected chi connectivity index (χ0v) is 15.6. The molecule has 0 radical (unpaired) electrons. The molecule has 0 saturated carbocycles. The lowest BCUT2D eigenvalue weighted by Gasteiger charge is -2.36. The Labute approximate surface area is 161 Å². The topological polar surface area (TPSA) is 78.5 Å². The van der Waals surface area contributed by atoms with Crippen molar-refractivity contribution in [3.8, 4) is 0 Å². The van der Waals surface area contributed by atoms with Crippen LogP contribution in [0, 0.1) is 0 Å². The Bertz CT molecular complexity index is 944. The van der Waals surface area contributed by atoms with Gasteiger partial charge in [0.1, 0.15) is 6.04 Å². The smallest absolute Gasteiger partial charge is 0.254 e. The molecule has 6 nitrogen and oxygen atoms in total. The van der Waals surface area contributed by atoms with Gasteiger partial charge in [-0.3, -0.25) is 14.4 Å². The van der Waals surface area contributed by atoms with E-state index in [2.05, 4.69) is 10.6 Å². The summed E-state index contributed by atoms with van der Waals surface area (Å²) < 4.78 is 0. The van der Waals surface area contributed by atoms with Crippen molar-refractivity contribution < 1.29 is 14.4 Å². The van der Waals surface area contributed by atoms with Crippen LogP contribution < -0.4 is 10.6 Å². The van der Waals surface area contributed by atoms with Crippen LogP contribution in [0.3, 0.4) is 0 Å². The number of hydrogen-bond acceptors (Lipinski definition) is 4. The molecule has 138 valence electrons. The van der Waals surface area contributed by atoms with E-state index >= 15 is 0 Å². The Kier molecular flexibility index (Phi) is 4.61. The molecule has 2 N–H and O–H groups in total. The molecule has 1 atom stereocenters. The van der Waals surface area contributed by atoms with Gasteiger partial charge in [0.05, 0.1) is 11.4 Å². The molecule has 4 rings (SSSR count). The van der Waals surface area contributed by atoms with E-state index in [0.717, 1.165) is 16.0 Å². The van der Waals surface area contributed by atoms with Crippen molar-refractivity contribution in [2.45, 2.75) is 23.9 Å². The van der Waals surface area contributed by atoms with E-state index in [1.54, 1.807) is 24.1 Å². The Balaban J connectivity index is 1.68. The van der Waals surface area contributed by atoms with Gasteiger partial charge in [-0.25, -0.2) is 0 Å². The van der Waals surface area contributed by atoms with Gasteiger partial charge >= 0.3 is 0 Å². The van der Waals surface area contributed by atoms with Crippen LogP contribution in [0.4, 0.5) is 5.69 Å². The van der Waals surface area contributed by atoms with Crippen molar-refractivity contribution in [3.05, 3.63) is 59.2 Å². The molecule has 0 saturated heterocycles. The summed E-state index contributed by atoms with van der Waals surface area (Å²) in [5, 5.41) is 5.47. The highest BCUT2D eigenvalue weighted by atomic mass is 32.2. The largest absolute Gasteiger partial charge is 0.357 e. The Morgan fingerprint density at radius 1 is 1.19 bits per heavy atom. The van der Waals surface area contributed by atoms with Crippen molar-refractivity contribution in [1.82, 2.24) is 10.2 Å². The second-order valence-corrected chi connectivity index (χ2v) is 7.60. The minimum atomic E-state index is -0.558. The lowest BCUT2D eigenvalue weighted by atomic mass is 9.92. The van der Waals surface area contributed by atoms with Crippen molar-refractivity contribution in [1.29, 1.82) is 0 Å². The maximum Gasteiger partial charge on any atom is 0.254 e. The highest BCUT2D eigenvalue weighted by Crippen LogP contribution is 2.33. The van der Waals surface area contributed by atoms with Gasteiger partial charge in [0.15, 0.2) is 0 Å². The van der Waals surface area contributed by atoms with Crippen LogP contribution in [-0.4, -0.2) is 41.5 Å². The summed E-state index contributed by atoms with van der Waals surface area (Å²) in [6.45, 7) is 0.380. The minimum Gasteiger partial charge on any atom is -0.357 e. The molecule has 0 fully saturated rings. The quantitative estimate of drug-likeness (QED) is 0.835. The Morgan fingerprint density at radius 3 is 2.74 bits per heavy atom. The summed E-state index contributed by atoms with van der Waals surface area (Å²) >= 11 is 1.45. The van der Waals surface area contributed by atoms with Gasteiger partial charge in [-0.15, -0.1) is 11.8 Å². The summed E-state index contributed by atoms with van der Waals surface area (Å²) in [6, 6.07) is 12.6. The zero-order chi connectivity index (χ0) is 19.0. The van der Waals surface area contributed by atoms with Crippen molar-refractivity contribution in [2.24, 2.45) is 0 Å². The van der Waals surface area contributed by atoms with Gasteiger partial charge in [0, 0.05) is 30.5 Å². The van der Waals surface area contributed by atoms with Gasteiger partial charge in [0.25, 0.3) is 5.91 Å². The average Bonchev–Trinajstić information content (AvgIpc) is 2.71. The highest BCUT2D eigenvalue weighted by molar-refractivity contribution is 8.00. The van der Waals surface area contributed by atoms with E-state index < -0.39 is 6.04 Å². The van der Waals surface area contributed by atoms with E-state index in [-0.39, 0.29) is 17.7 Å². The van der Waals surface area contributed by atoms with Crippen molar-refractivity contribution >= 4 is 35.2 Å². The fraction of sp³-hybridized carbons (Fsp3) is 0.250. The summed E-state index contributed by atoms with van der Waals surface area (Å²) in [7, 11) is 1.58. The molecule has 2 aromatic rings. The number of nitrogens with one attached hydrogen (secondary N) is 2. The number of benzene rings is 2. The standard InChI is InChI=1S/C20H19N3O3S/c1-21-19(25)16-9-12-4-2-3-5-14(12)10-23(16)20(26)13-6-7-17-15(8-13)22-18(24)11-27-17/h2-8,16H,9-11H2,1H3,(H,21,25)(H,22,24)/t16-/m1/s1. The third-order valence-electron chi connectivity index (χ3n) is 4.92. The summed E-state index contributed by atoms with van der Waals surface area (Å²) in [5.41, 5.74) is 3.25. The van der Waals surface area contributed by atoms with E-state index in [9.17, 15) is 14.4 Å². The second-order valence-electron chi connectivity index (χ2n) is 6.58. The van der Waals surface area contributed by atoms with Crippen LogP contribution >= 0.6 is 11.8 Å². The molecule has 2 aliphatic rings. The third kappa shape index (κ3) is 3.30. The Hall–Kier alpha value is -2.80. The molecule has 0 spiro atoms. The molecule has 2 heterocycles. The first-order chi connectivity index (χ1) is 13.1. The normalized spacial score (nSPS) is 18.2. The molecule has 2 aliphatic heterocycles. The molecule has 0 aromatic heterocycles.